The molecule has 2 heterocycles. The van der Waals surface area contributed by atoms with Crippen molar-refractivity contribution in [3.63, 3.8) is 0 Å². The molecular weight excluding hydrogens is 294 g/mol. The van der Waals surface area contributed by atoms with E-state index < -0.39 is 0 Å². The quantitative estimate of drug-likeness (QED) is 0.754. The van der Waals surface area contributed by atoms with Gasteiger partial charge in [-0.2, -0.15) is 10.1 Å². The first-order valence-electron chi connectivity index (χ1n) is 7.37. The molecule has 0 fully saturated rings. The largest absolute Gasteiger partial charge is 0.377 e. The van der Waals surface area contributed by atoms with Crippen LogP contribution in [-0.2, 0) is 11.3 Å². The van der Waals surface area contributed by atoms with Crippen LogP contribution in [0.1, 0.15) is 30.4 Å². The molecule has 0 aliphatic heterocycles. The van der Waals surface area contributed by atoms with Crippen molar-refractivity contribution in [1.82, 2.24) is 19.9 Å². The Labute approximate surface area is 134 Å². The van der Waals surface area contributed by atoms with Crippen LogP contribution in [0, 0.1) is 6.92 Å². The van der Waals surface area contributed by atoms with Crippen molar-refractivity contribution >= 4 is 5.69 Å². The highest BCUT2D eigenvalue weighted by Gasteiger charge is 2.17. The second-order valence-corrected chi connectivity index (χ2v) is 5.24. The molecule has 3 rings (SSSR count). The van der Waals surface area contributed by atoms with Crippen molar-refractivity contribution in [1.29, 1.82) is 0 Å². The van der Waals surface area contributed by atoms with E-state index in [0.29, 0.717) is 18.3 Å². The van der Waals surface area contributed by atoms with Gasteiger partial charge in [0, 0.05) is 7.11 Å². The molecule has 0 amide bonds. The second kappa shape index (κ2) is 6.62. The molecule has 2 aromatic heterocycles. The zero-order valence-electron chi connectivity index (χ0n) is 13.4. The summed E-state index contributed by atoms with van der Waals surface area (Å²) in [4.78, 5) is 4.30. The summed E-state index contributed by atoms with van der Waals surface area (Å²) in [7, 11) is 1.60. The molecule has 0 saturated heterocycles. The van der Waals surface area contributed by atoms with Gasteiger partial charge in [-0.1, -0.05) is 23.4 Å². The van der Waals surface area contributed by atoms with E-state index in [0.717, 1.165) is 17.1 Å². The molecule has 1 atom stereocenters. The van der Waals surface area contributed by atoms with Gasteiger partial charge in [0.25, 0.3) is 0 Å². The van der Waals surface area contributed by atoms with Crippen LogP contribution in [-0.4, -0.2) is 27.0 Å². The van der Waals surface area contributed by atoms with Crippen LogP contribution in [0.4, 0.5) is 5.69 Å². The molecule has 0 radical (unpaired) electrons. The standard InChI is InChI=1S/C16H19N5O2/c1-11(16-19-15(10-22-3)20-23-16)18-14-9-17-21(12(14)2)13-7-5-4-6-8-13/h4-9,11,18H,10H2,1-3H3. The number of rotatable bonds is 6. The zero-order chi connectivity index (χ0) is 16.2. The van der Waals surface area contributed by atoms with Crippen LogP contribution >= 0.6 is 0 Å². The van der Waals surface area contributed by atoms with Crippen LogP contribution < -0.4 is 5.32 Å². The summed E-state index contributed by atoms with van der Waals surface area (Å²) in [5.41, 5.74) is 2.96. The first kappa shape index (κ1) is 15.2. The fraction of sp³-hybridized carbons (Fsp3) is 0.312. The van der Waals surface area contributed by atoms with Crippen LogP contribution in [0.25, 0.3) is 5.69 Å². The smallest absolute Gasteiger partial charge is 0.248 e. The van der Waals surface area contributed by atoms with Gasteiger partial charge in [0.2, 0.25) is 5.89 Å². The molecule has 23 heavy (non-hydrogen) atoms. The van der Waals surface area contributed by atoms with E-state index in [1.54, 1.807) is 13.3 Å². The van der Waals surface area contributed by atoms with Crippen LogP contribution in [0.15, 0.2) is 41.1 Å². The van der Waals surface area contributed by atoms with Gasteiger partial charge in [0.1, 0.15) is 12.6 Å². The van der Waals surface area contributed by atoms with E-state index in [2.05, 4.69) is 20.6 Å². The van der Waals surface area contributed by atoms with Crippen molar-refractivity contribution in [3.8, 4) is 5.69 Å². The third-order valence-corrected chi connectivity index (χ3v) is 3.51. The third-order valence-electron chi connectivity index (χ3n) is 3.51. The van der Waals surface area contributed by atoms with Crippen molar-refractivity contribution in [3.05, 3.63) is 53.9 Å². The number of aromatic nitrogens is 4. The van der Waals surface area contributed by atoms with Gasteiger partial charge >= 0.3 is 0 Å². The van der Waals surface area contributed by atoms with Gasteiger partial charge in [-0.05, 0) is 26.0 Å². The maximum absolute atomic E-state index is 5.25. The molecule has 7 nitrogen and oxygen atoms in total. The van der Waals surface area contributed by atoms with E-state index >= 15 is 0 Å². The number of benzene rings is 1. The highest BCUT2D eigenvalue weighted by Crippen LogP contribution is 2.23. The number of nitrogens with zero attached hydrogens (tertiary/aromatic N) is 4. The average Bonchev–Trinajstić information content (AvgIpc) is 3.17. The Morgan fingerprint density at radius 2 is 2.09 bits per heavy atom. The first-order valence-corrected chi connectivity index (χ1v) is 7.37. The molecule has 0 aliphatic carbocycles. The Hall–Kier alpha value is -2.67. The predicted octanol–water partition coefficient (Wildman–Crippen LogP) is 2.88. The molecule has 0 saturated carbocycles. The molecule has 0 bridgehead atoms. The number of hydrogen-bond acceptors (Lipinski definition) is 6. The van der Waals surface area contributed by atoms with Gasteiger partial charge in [-0.25, -0.2) is 4.68 Å². The van der Waals surface area contributed by atoms with E-state index in [-0.39, 0.29) is 6.04 Å². The van der Waals surface area contributed by atoms with Crippen LogP contribution in [0.5, 0.6) is 0 Å². The summed E-state index contributed by atoms with van der Waals surface area (Å²) < 4.78 is 12.1. The minimum Gasteiger partial charge on any atom is -0.377 e. The average molecular weight is 313 g/mol. The Morgan fingerprint density at radius 3 is 2.83 bits per heavy atom. The lowest BCUT2D eigenvalue weighted by Crippen LogP contribution is -2.08. The SMILES string of the molecule is COCc1noc(C(C)Nc2cnn(-c3ccccc3)c2C)n1. The van der Waals surface area contributed by atoms with E-state index in [4.69, 9.17) is 9.26 Å². The Kier molecular flexibility index (Phi) is 4.38. The summed E-state index contributed by atoms with van der Waals surface area (Å²) in [5, 5.41) is 11.7. The molecule has 1 aromatic carbocycles. The molecular formula is C16H19N5O2. The fourth-order valence-corrected chi connectivity index (χ4v) is 2.31. The molecule has 0 aliphatic rings. The number of ether oxygens (including phenoxy) is 1. The predicted molar refractivity (Wildman–Crippen MR) is 85.3 cm³/mol. The Morgan fingerprint density at radius 1 is 1.30 bits per heavy atom. The highest BCUT2D eigenvalue weighted by molar-refractivity contribution is 5.50. The molecule has 1 N–H and O–H groups in total. The van der Waals surface area contributed by atoms with Gasteiger partial charge in [0.05, 0.1) is 23.3 Å². The van der Waals surface area contributed by atoms with E-state index in [1.165, 1.54) is 0 Å². The normalized spacial score (nSPS) is 12.3. The lowest BCUT2D eigenvalue weighted by Gasteiger charge is -2.11. The Bertz CT molecular complexity index is 766. The lowest BCUT2D eigenvalue weighted by molar-refractivity contribution is 0.174. The molecule has 120 valence electrons. The summed E-state index contributed by atoms with van der Waals surface area (Å²) in [6.07, 6.45) is 1.80. The summed E-state index contributed by atoms with van der Waals surface area (Å²) in [5.74, 6) is 1.05. The molecule has 7 heteroatoms. The van der Waals surface area contributed by atoms with E-state index in [1.807, 2.05) is 48.9 Å². The lowest BCUT2D eigenvalue weighted by atomic mass is 10.3. The van der Waals surface area contributed by atoms with Crippen molar-refractivity contribution in [2.45, 2.75) is 26.5 Å². The molecule has 0 spiro atoms. The minimum absolute atomic E-state index is 0.125. The monoisotopic (exact) mass is 313 g/mol. The maximum atomic E-state index is 5.25. The Balaban J connectivity index is 1.76. The summed E-state index contributed by atoms with van der Waals surface area (Å²) in [6.45, 7) is 4.31. The van der Waals surface area contributed by atoms with Crippen molar-refractivity contribution in [2.75, 3.05) is 12.4 Å². The first-order chi connectivity index (χ1) is 11.2. The van der Waals surface area contributed by atoms with Gasteiger partial charge in [-0.3, -0.25) is 0 Å². The number of para-hydroxylation sites is 1. The fourth-order valence-electron chi connectivity index (χ4n) is 2.31. The van der Waals surface area contributed by atoms with Crippen molar-refractivity contribution < 1.29 is 9.26 Å². The number of anilines is 1. The van der Waals surface area contributed by atoms with E-state index in [9.17, 15) is 0 Å². The highest BCUT2D eigenvalue weighted by atomic mass is 16.5. The number of methoxy groups -OCH3 is 1. The molecule has 3 aromatic rings. The number of nitrogens with one attached hydrogen (secondary N) is 1. The van der Waals surface area contributed by atoms with Crippen LogP contribution in [0.3, 0.4) is 0 Å². The zero-order valence-corrected chi connectivity index (χ0v) is 13.4. The second-order valence-electron chi connectivity index (χ2n) is 5.24. The maximum Gasteiger partial charge on any atom is 0.248 e. The van der Waals surface area contributed by atoms with Gasteiger partial charge < -0.3 is 14.6 Å². The van der Waals surface area contributed by atoms with Crippen molar-refractivity contribution in [2.24, 2.45) is 0 Å². The van der Waals surface area contributed by atoms with Crippen LogP contribution in [0.2, 0.25) is 0 Å². The summed E-state index contributed by atoms with van der Waals surface area (Å²) >= 11 is 0. The minimum atomic E-state index is -0.125. The number of hydrogen-bond donors (Lipinski definition) is 1. The topological polar surface area (TPSA) is 78.0 Å². The summed E-state index contributed by atoms with van der Waals surface area (Å²) in [6, 6.07) is 9.87. The third kappa shape index (κ3) is 3.24. The van der Waals surface area contributed by atoms with Gasteiger partial charge in [-0.15, -0.1) is 0 Å². The van der Waals surface area contributed by atoms with Gasteiger partial charge in [0.15, 0.2) is 5.82 Å². The molecule has 1 unspecified atom stereocenters.